The summed E-state index contributed by atoms with van der Waals surface area (Å²) in [5.41, 5.74) is 1.14. The van der Waals surface area contributed by atoms with Crippen LogP contribution in [0.4, 0.5) is 4.79 Å². The van der Waals surface area contributed by atoms with E-state index in [1.807, 2.05) is 19.9 Å². The number of nitrogens with one attached hydrogen (secondary N) is 1. The fourth-order valence-electron chi connectivity index (χ4n) is 1.60. The number of carboxylic acids is 1. The highest BCUT2D eigenvalue weighted by molar-refractivity contribution is 5.77. The summed E-state index contributed by atoms with van der Waals surface area (Å²) in [7, 11) is 0. The highest BCUT2D eigenvalue weighted by atomic mass is 16.4. The zero-order valence-electron chi connectivity index (χ0n) is 9.69. The number of likely N-dealkylation sites (tertiary alicyclic amines) is 1. The summed E-state index contributed by atoms with van der Waals surface area (Å²) in [5, 5.41) is 11.5. The number of amides is 2. The molecule has 0 radical (unpaired) electrons. The van der Waals surface area contributed by atoms with E-state index in [-0.39, 0.29) is 6.03 Å². The van der Waals surface area contributed by atoms with Gasteiger partial charge in [0.15, 0.2) is 0 Å². The Morgan fingerprint density at radius 1 is 1.50 bits per heavy atom. The van der Waals surface area contributed by atoms with Gasteiger partial charge in [-0.25, -0.2) is 4.79 Å². The highest BCUT2D eigenvalue weighted by Gasteiger charge is 2.30. The molecule has 1 atom stereocenters. The minimum Gasteiger partial charge on any atom is -0.481 e. The number of aliphatic carboxylic acids is 1. The minimum atomic E-state index is -0.820. The van der Waals surface area contributed by atoms with Gasteiger partial charge in [-0.1, -0.05) is 11.6 Å². The summed E-state index contributed by atoms with van der Waals surface area (Å²) in [4.78, 5) is 23.8. The maximum atomic E-state index is 11.6. The van der Waals surface area contributed by atoms with Crippen molar-refractivity contribution in [2.24, 2.45) is 5.92 Å². The first-order chi connectivity index (χ1) is 7.50. The number of carboxylic acid groups (broad SMARTS) is 1. The molecule has 0 aromatic rings. The molecule has 2 N–H and O–H groups in total. The zero-order chi connectivity index (χ0) is 12.1. The molecule has 5 heteroatoms. The van der Waals surface area contributed by atoms with Gasteiger partial charge in [-0.2, -0.15) is 0 Å². The molecule has 0 spiro atoms. The van der Waals surface area contributed by atoms with Crippen molar-refractivity contribution in [1.82, 2.24) is 10.2 Å². The molecule has 5 nitrogen and oxygen atoms in total. The Balaban J connectivity index is 2.34. The third-order valence-corrected chi connectivity index (χ3v) is 2.59. The van der Waals surface area contributed by atoms with E-state index in [4.69, 9.17) is 5.11 Å². The molecule has 16 heavy (non-hydrogen) atoms. The second-order valence-corrected chi connectivity index (χ2v) is 4.24. The van der Waals surface area contributed by atoms with Crippen molar-refractivity contribution in [3.8, 4) is 0 Å². The maximum Gasteiger partial charge on any atom is 0.317 e. The van der Waals surface area contributed by atoms with Crippen LogP contribution in [0.15, 0.2) is 11.6 Å². The van der Waals surface area contributed by atoms with Gasteiger partial charge in [-0.3, -0.25) is 4.79 Å². The Labute approximate surface area is 95.1 Å². The molecule has 1 aliphatic heterocycles. The van der Waals surface area contributed by atoms with Crippen LogP contribution in [0.25, 0.3) is 0 Å². The molecule has 1 aliphatic rings. The molecule has 0 aromatic carbocycles. The second-order valence-electron chi connectivity index (χ2n) is 4.24. The first-order valence-electron chi connectivity index (χ1n) is 5.39. The third kappa shape index (κ3) is 3.56. The van der Waals surface area contributed by atoms with E-state index in [2.05, 4.69) is 5.32 Å². The molecular formula is C11H18N2O3. The van der Waals surface area contributed by atoms with Gasteiger partial charge in [0.25, 0.3) is 0 Å². The molecule has 1 fully saturated rings. The van der Waals surface area contributed by atoms with Crippen LogP contribution in [-0.4, -0.2) is 41.6 Å². The molecule has 0 saturated carbocycles. The quantitative estimate of drug-likeness (QED) is 0.707. The summed E-state index contributed by atoms with van der Waals surface area (Å²) in [6.07, 6.45) is 2.47. The average Bonchev–Trinajstić information content (AvgIpc) is 2.65. The van der Waals surface area contributed by atoms with Crippen LogP contribution in [0.1, 0.15) is 20.3 Å². The molecule has 90 valence electrons. The summed E-state index contributed by atoms with van der Waals surface area (Å²) in [5.74, 6) is -1.23. The standard InChI is InChI=1S/C11H18N2O3/c1-8(2)3-5-12-11(16)13-6-4-9(7-13)10(14)15/h3,9H,4-7H2,1-2H3,(H,12,16)(H,14,15). The van der Waals surface area contributed by atoms with Crippen molar-refractivity contribution in [3.63, 3.8) is 0 Å². The van der Waals surface area contributed by atoms with E-state index in [0.717, 1.165) is 5.57 Å². The third-order valence-electron chi connectivity index (χ3n) is 2.59. The molecule has 0 bridgehead atoms. The summed E-state index contributed by atoms with van der Waals surface area (Å²) in [6, 6.07) is -0.179. The number of carbonyl (C=O) groups excluding carboxylic acids is 1. The average molecular weight is 226 g/mol. The van der Waals surface area contributed by atoms with Gasteiger partial charge in [0.1, 0.15) is 0 Å². The van der Waals surface area contributed by atoms with Crippen molar-refractivity contribution in [2.75, 3.05) is 19.6 Å². The van der Waals surface area contributed by atoms with Crippen LogP contribution in [0.2, 0.25) is 0 Å². The van der Waals surface area contributed by atoms with Crippen molar-refractivity contribution in [1.29, 1.82) is 0 Å². The number of carbonyl (C=O) groups is 2. The van der Waals surface area contributed by atoms with Crippen LogP contribution in [0, 0.1) is 5.92 Å². The number of nitrogens with zero attached hydrogens (tertiary/aromatic N) is 1. The number of allylic oxidation sites excluding steroid dienone is 1. The van der Waals surface area contributed by atoms with Crippen molar-refractivity contribution in [2.45, 2.75) is 20.3 Å². The number of hydrogen-bond donors (Lipinski definition) is 2. The first-order valence-corrected chi connectivity index (χ1v) is 5.39. The second kappa shape index (κ2) is 5.53. The van der Waals surface area contributed by atoms with E-state index < -0.39 is 11.9 Å². The number of hydrogen-bond acceptors (Lipinski definition) is 2. The Bertz CT molecular complexity index is 308. The molecule has 0 aliphatic carbocycles. The normalized spacial score (nSPS) is 19.4. The molecule has 0 aromatic heterocycles. The number of rotatable bonds is 3. The molecule has 2 amide bonds. The topological polar surface area (TPSA) is 69.6 Å². The molecular weight excluding hydrogens is 208 g/mol. The van der Waals surface area contributed by atoms with E-state index in [9.17, 15) is 9.59 Å². The van der Waals surface area contributed by atoms with Gasteiger partial charge in [0.05, 0.1) is 5.92 Å². The fraction of sp³-hybridized carbons (Fsp3) is 0.636. The van der Waals surface area contributed by atoms with Gasteiger partial charge in [0.2, 0.25) is 0 Å². The predicted molar refractivity (Wildman–Crippen MR) is 60.1 cm³/mol. The van der Waals surface area contributed by atoms with Crippen molar-refractivity contribution in [3.05, 3.63) is 11.6 Å². The van der Waals surface area contributed by atoms with E-state index in [0.29, 0.717) is 26.1 Å². The fourth-order valence-corrected chi connectivity index (χ4v) is 1.60. The first kappa shape index (κ1) is 12.5. The molecule has 1 rings (SSSR count). The monoisotopic (exact) mass is 226 g/mol. The smallest absolute Gasteiger partial charge is 0.317 e. The van der Waals surface area contributed by atoms with Crippen LogP contribution in [0.5, 0.6) is 0 Å². The van der Waals surface area contributed by atoms with Crippen LogP contribution < -0.4 is 5.32 Å². The minimum absolute atomic E-state index is 0.179. The summed E-state index contributed by atoms with van der Waals surface area (Å²) >= 11 is 0. The molecule has 1 heterocycles. The Kier molecular flexibility index (Phi) is 4.34. The van der Waals surface area contributed by atoms with Crippen LogP contribution in [0.3, 0.4) is 0 Å². The van der Waals surface area contributed by atoms with Gasteiger partial charge >= 0.3 is 12.0 Å². The lowest BCUT2D eigenvalue weighted by Gasteiger charge is -2.15. The van der Waals surface area contributed by atoms with E-state index >= 15 is 0 Å². The number of urea groups is 1. The maximum absolute atomic E-state index is 11.6. The lowest BCUT2D eigenvalue weighted by molar-refractivity contribution is -0.141. The summed E-state index contributed by atoms with van der Waals surface area (Å²) in [6.45, 7) is 5.26. The lowest BCUT2D eigenvalue weighted by atomic mass is 10.1. The highest BCUT2D eigenvalue weighted by Crippen LogP contribution is 2.15. The Morgan fingerprint density at radius 2 is 2.19 bits per heavy atom. The van der Waals surface area contributed by atoms with Gasteiger partial charge in [-0.05, 0) is 20.3 Å². The Morgan fingerprint density at radius 3 is 2.69 bits per heavy atom. The Hall–Kier alpha value is -1.52. The van der Waals surface area contributed by atoms with E-state index in [1.54, 1.807) is 4.90 Å². The molecule has 1 saturated heterocycles. The van der Waals surface area contributed by atoms with Crippen LogP contribution >= 0.6 is 0 Å². The lowest BCUT2D eigenvalue weighted by Crippen LogP contribution is -2.39. The summed E-state index contributed by atoms with van der Waals surface area (Å²) < 4.78 is 0. The van der Waals surface area contributed by atoms with Gasteiger partial charge < -0.3 is 15.3 Å². The molecule has 1 unspecified atom stereocenters. The predicted octanol–water partition coefficient (Wildman–Crippen LogP) is 1.07. The van der Waals surface area contributed by atoms with Crippen molar-refractivity contribution >= 4 is 12.0 Å². The van der Waals surface area contributed by atoms with Crippen LogP contribution in [-0.2, 0) is 4.79 Å². The van der Waals surface area contributed by atoms with Crippen molar-refractivity contribution < 1.29 is 14.7 Å². The largest absolute Gasteiger partial charge is 0.481 e. The van der Waals surface area contributed by atoms with Gasteiger partial charge in [0, 0.05) is 19.6 Å². The SMILES string of the molecule is CC(C)=CCNC(=O)N1CCC(C(=O)O)C1. The zero-order valence-corrected chi connectivity index (χ0v) is 9.69. The van der Waals surface area contributed by atoms with E-state index in [1.165, 1.54) is 0 Å². The van der Waals surface area contributed by atoms with Gasteiger partial charge in [-0.15, -0.1) is 0 Å².